The fourth-order valence-corrected chi connectivity index (χ4v) is 7.06. The molecule has 4 aliphatic rings. The second-order valence-electron chi connectivity index (χ2n) is 6.80. The largest absolute Gasteiger partial charge is 0.320 e. The summed E-state index contributed by atoms with van der Waals surface area (Å²) in [6.45, 7) is 4.46. The van der Waals surface area contributed by atoms with E-state index >= 15 is 0 Å². The van der Waals surface area contributed by atoms with E-state index in [4.69, 9.17) is 11.1 Å². The summed E-state index contributed by atoms with van der Waals surface area (Å²) in [4.78, 5) is 3.87. The molecule has 0 saturated heterocycles. The van der Waals surface area contributed by atoms with Crippen LogP contribution >= 0.6 is 11.1 Å². The van der Waals surface area contributed by atoms with Crippen LogP contribution in [0.1, 0.15) is 38.5 Å². The van der Waals surface area contributed by atoms with Crippen LogP contribution in [0, 0.1) is 17.8 Å². The first-order chi connectivity index (χ1) is 6.94. The third-order valence-electron chi connectivity index (χ3n) is 4.60. The van der Waals surface area contributed by atoms with Gasteiger partial charge in [0.15, 0.2) is 0 Å². The Morgan fingerprint density at radius 3 is 1.73 bits per heavy atom. The van der Waals surface area contributed by atoms with Gasteiger partial charge in [-0.1, -0.05) is 0 Å². The lowest BCUT2D eigenvalue weighted by Crippen LogP contribution is -2.63. The van der Waals surface area contributed by atoms with Crippen molar-refractivity contribution in [1.29, 1.82) is 0 Å². The summed E-state index contributed by atoms with van der Waals surface area (Å²) in [5.41, 5.74) is 0.465. The second kappa shape index (κ2) is 3.24. The molecule has 0 aromatic carbocycles. The number of hydrogen-bond donors (Lipinski definition) is 1. The summed E-state index contributed by atoms with van der Waals surface area (Å²) in [5.74, 6) is 3.07. The molecule has 0 amide bonds. The van der Waals surface area contributed by atoms with Crippen molar-refractivity contribution in [3.8, 4) is 0 Å². The van der Waals surface area contributed by atoms with Crippen LogP contribution in [0.15, 0.2) is 0 Å². The molecule has 0 radical (unpaired) electrons. The van der Waals surface area contributed by atoms with Crippen LogP contribution in [0.2, 0.25) is 13.1 Å². The number of hydrogen-bond acceptors (Lipinski definition) is 1. The molecule has 4 aliphatic carbocycles. The van der Waals surface area contributed by atoms with E-state index in [1.807, 2.05) is 0 Å². The summed E-state index contributed by atoms with van der Waals surface area (Å²) in [6.07, 6.45) is 8.81. The summed E-state index contributed by atoms with van der Waals surface area (Å²) in [7, 11) is -1.62. The van der Waals surface area contributed by atoms with Crippen molar-refractivity contribution in [2.75, 3.05) is 0 Å². The minimum absolute atomic E-state index is 0.465. The highest BCUT2D eigenvalue weighted by Gasteiger charge is 2.52. The molecule has 1 N–H and O–H groups in total. The van der Waals surface area contributed by atoms with Gasteiger partial charge in [-0.15, -0.1) is 11.1 Å². The maximum absolute atomic E-state index is 6.50. The molecule has 0 heterocycles. The molecule has 1 nitrogen and oxygen atoms in total. The predicted molar refractivity (Wildman–Crippen MR) is 67.4 cm³/mol. The molecule has 3 heteroatoms. The molecule has 86 valence electrons. The molecule has 4 rings (SSSR count). The van der Waals surface area contributed by atoms with Gasteiger partial charge in [-0.05, 0) is 69.4 Å². The fourth-order valence-electron chi connectivity index (χ4n) is 4.89. The summed E-state index contributed by atoms with van der Waals surface area (Å²) in [5, 5.41) is 0. The van der Waals surface area contributed by atoms with E-state index in [1.54, 1.807) is 0 Å². The zero-order valence-corrected chi connectivity index (χ0v) is 11.6. The lowest BCUT2D eigenvalue weighted by atomic mass is 9.53. The topological polar surface area (TPSA) is 12.0 Å². The van der Waals surface area contributed by atoms with Crippen LogP contribution in [-0.4, -0.2) is 13.1 Å². The van der Waals surface area contributed by atoms with Gasteiger partial charge < -0.3 is 4.98 Å². The van der Waals surface area contributed by atoms with E-state index in [2.05, 4.69) is 18.1 Å². The summed E-state index contributed by atoms with van der Waals surface area (Å²) in [6, 6.07) is 0. The van der Waals surface area contributed by atoms with Crippen molar-refractivity contribution in [3.05, 3.63) is 0 Å². The van der Waals surface area contributed by atoms with Crippen molar-refractivity contribution in [2.45, 2.75) is 57.2 Å². The third kappa shape index (κ3) is 2.01. The Labute approximate surface area is 98.8 Å². The number of nitrogens with one attached hydrogen (secondary N) is 1. The van der Waals surface area contributed by atoms with E-state index in [1.165, 1.54) is 38.5 Å². The zero-order chi connectivity index (χ0) is 10.7. The van der Waals surface area contributed by atoms with Gasteiger partial charge in [0.05, 0.1) is 0 Å². The van der Waals surface area contributed by atoms with Gasteiger partial charge in [0.2, 0.25) is 7.55 Å². The Balaban J connectivity index is 1.81. The molecule has 0 aromatic rings. The zero-order valence-electron chi connectivity index (χ0n) is 9.85. The molecular weight excluding hydrogens is 222 g/mol. The molecule has 0 spiro atoms. The average molecular weight is 244 g/mol. The van der Waals surface area contributed by atoms with Gasteiger partial charge in [-0.25, -0.2) is 0 Å². The number of halogens is 1. The average Bonchev–Trinajstić information content (AvgIpc) is 1.94. The lowest BCUT2D eigenvalue weighted by Gasteiger charge is -2.58. The van der Waals surface area contributed by atoms with Crippen LogP contribution in [0.25, 0.3) is 0 Å². The Bertz CT molecular complexity index is 236. The van der Waals surface area contributed by atoms with Gasteiger partial charge in [0, 0.05) is 5.54 Å². The Morgan fingerprint density at radius 2 is 1.40 bits per heavy atom. The highest BCUT2D eigenvalue weighted by molar-refractivity contribution is 7.17. The van der Waals surface area contributed by atoms with E-state index in [9.17, 15) is 0 Å². The molecule has 0 aliphatic heterocycles. The standard InChI is InChI=1S/C12H22ClNSi/c1-15(2,13)14-12-6-9-3-10(7-12)5-11(4-9)8-12/h9-11,14H,3-8H2,1-2H3. The molecule has 4 saturated carbocycles. The van der Waals surface area contributed by atoms with Crippen LogP contribution < -0.4 is 4.98 Å². The van der Waals surface area contributed by atoms with Gasteiger partial charge in [0.1, 0.15) is 0 Å². The first kappa shape index (κ1) is 10.6. The minimum Gasteiger partial charge on any atom is -0.320 e. The van der Waals surface area contributed by atoms with Crippen molar-refractivity contribution in [1.82, 2.24) is 4.98 Å². The quantitative estimate of drug-likeness (QED) is 0.579. The highest BCUT2D eigenvalue weighted by Crippen LogP contribution is 2.55. The lowest BCUT2D eigenvalue weighted by molar-refractivity contribution is -0.00924. The maximum Gasteiger partial charge on any atom is 0.220 e. The van der Waals surface area contributed by atoms with Crippen molar-refractivity contribution in [2.24, 2.45) is 17.8 Å². The normalized spacial score (nSPS) is 48.6. The Hall–Kier alpha value is 0.467. The number of rotatable bonds is 2. The molecule has 15 heavy (non-hydrogen) atoms. The van der Waals surface area contributed by atoms with Gasteiger partial charge >= 0.3 is 0 Å². The predicted octanol–water partition coefficient (Wildman–Crippen LogP) is 3.49. The monoisotopic (exact) mass is 243 g/mol. The van der Waals surface area contributed by atoms with Gasteiger partial charge in [-0.2, -0.15) is 0 Å². The fraction of sp³-hybridized carbons (Fsp3) is 1.00. The van der Waals surface area contributed by atoms with Crippen molar-refractivity contribution in [3.63, 3.8) is 0 Å². The SMILES string of the molecule is C[Si](C)(Cl)NC12CC3CC(CC(C3)C1)C2. The molecule has 0 unspecified atom stereocenters. The maximum atomic E-state index is 6.50. The Morgan fingerprint density at radius 1 is 1.00 bits per heavy atom. The summed E-state index contributed by atoms with van der Waals surface area (Å²) >= 11 is 6.50. The highest BCUT2D eigenvalue weighted by atomic mass is 35.6. The Kier molecular flexibility index (Phi) is 2.29. The van der Waals surface area contributed by atoms with Gasteiger partial charge in [0.25, 0.3) is 0 Å². The molecular formula is C12H22ClNSi. The van der Waals surface area contributed by atoms with Crippen LogP contribution in [-0.2, 0) is 0 Å². The van der Waals surface area contributed by atoms with E-state index in [-0.39, 0.29) is 0 Å². The smallest absolute Gasteiger partial charge is 0.220 e. The van der Waals surface area contributed by atoms with Crippen molar-refractivity contribution < 1.29 is 0 Å². The van der Waals surface area contributed by atoms with Crippen LogP contribution in [0.3, 0.4) is 0 Å². The van der Waals surface area contributed by atoms with E-state index < -0.39 is 7.55 Å². The molecule has 4 bridgehead atoms. The summed E-state index contributed by atoms with van der Waals surface area (Å²) < 4.78 is 0. The van der Waals surface area contributed by atoms with Crippen LogP contribution in [0.4, 0.5) is 0 Å². The third-order valence-corrected chi connectivity index (χ3v) is 6.01. The first-order valence-corrected chi connectivity index (χ1v) is 10.4. The first-order valence-electron chi connectivity index (χ1n) is 6.42. The second-order valence-corrected chi connectivity index (χ2v) is 12.8. The van der Waals surface area contributed by atoms with E-state index in [0.29, 0.717) is 5.54 Å². The molecule has 0 atom stereocenters. The van der Waals surface area contributed by atoms with E-state index in [0.717, 1.165) is 17.8 Å². The van der Waals surface area contributed by atoms with Gasteiger partial charge in [-0.3, -0.25) is 0 Å². The van der Waals surface area contributed by atoms with Crippen LogP contribution in [0.5, 0.6) is 0 Å². The van der Waals surface area contributed by atoms with Crippen molar-refractivity contribution >= 4 is 18.6 Å². The molecule has 4 fully saturated rings. The minimum atomic E-state index is -1.62. The molecule has 0 aromatic heterocycles.